The molecule has 0 bridgehead atoms. The van der Waals surface area contributed by atoms with E-state index < -0.39 is 5.97 Å². The van der Waals surface area contributed by atoms with Gasteiger partial charge in [-0.3, -0.25) is 14.5 Å². The van der Waals surface area contributed by atoms with Gasteiger partial charge in [-0.25, -0.2) is 9.97 Å². The van der Waals surface area contributed by atoms with Crippen molar-refractivity contribution in [3.63, 3.8) is 0 Å². The molecule has 0 radical (unpaired) electrons. The summed E-state index contributed by atoms with van der Waals surface area (Å²) in [6.45, 7) is 8.08. The molecule has 1 aliphatic carbocycles. The first kappa shape index (κ1) is 31.2. The number of nitrogens with one attached hydrogen (secondary N) is 1. The number of benzene rings is 3. The largest absolute Gasteiger partial charge is 0.491 e. The van der Waals surface area contributed by atoms with Crippen molar-refractivity contribution in [2.45, 2.75) is 38.1 Å². The van der Waals surface area contributed by atoms with Gasteiger partial charge in [0.15, 0.2) is 0 Å². The normalized spacial score (nSPS) is 17.8. The number of nitrogens with zero attached hydrogens (tertiary/aromatic N) is 5. The quantitative estimate of drug-likeness (QED) is 0.213. The van der Waals surface area contributed by atoms with Gasteiger partial charge >= 0.3 is 5.97 Å². The van der Waals surface area contributed by atoms with E-state index in [1.807, 2.05) is 37.3 Å². The number of likely N-dealkylation sites (N-methyl/N-ethyl adjacent to an activating group) is 1. The van der Waals surface area contributed by atoms with Crippen molar-refractivity contribution in [2.75, 3.05) is 51.3 Å². The number of carboxylic acids is 1. The Bertz CT molecular complexity index is 2060. The number of anilines is 1. The van der Waals surface area contributed by atoms with Crippen molar-refractivity contribution >= 4 is 28.6 Å². The Labute approximate surface area is 285 Å². The molecule has 1 amide bonds. The van der Waals surface area contributed by atoms with Gasteiger partial charge in [0, 0.05) is 60.5 Å². The molecule has 250 valence electrons. The van der Waals surface area contributed by atoms with E-state index in [1.165, 1.54) is 5.56 Å². The highest BCUT2D eigenvalue weighted by molar-refractivity contribution is 6.09. The Kier molecular flexibility index (Phi) is 7.92. The van der Waals surface area contributed by atoms with Gasteiger partial charge in [-0.15, -0.1) is 0 Å². The summed E-state index contributed by atoms with van der Waals surface area (Å²) in [5, 5.41) is 10.4. The second kappa shape index (κ2) is 12.4. The summed E-state index contributed by atoms with van der Waals surface area (Å²) in [4.78, 5) is 45.0. The first-order valence-electron chi connectivity index (χ1n) is 17.0. The van der Waals surface area contributed by atoms with Crippen LogP contribution in [0.2, 0.25) is 0 Å². The zero-order valence-electron chi connectivity index (χ0n) is 27.9. The second-order valence-electron chi connectivity index (χ2n) is 13.8. The number of rotatable bonds is 8. The first-order valence-corrected chi connectivity index (χ1v) is 17.0. The predicted octanol–water partition coefficient (Wildman–Crippen LogP) is 5.89. The van der Waals surface area contributed by atoms with E-state index >= 15 is 0 Å². The molecule has 2 N–H and O–H groups in total. The number of carboxylic acid groups (broad SMARTS) is 1. The lowest BCUT2D eigenvalue weighted by atomic mass is 9.91. The summed E-state index contributed by atoms with van der Waals surface area (Å²) in [5.74, 6) is -0.441. The van der Waals surface area contributed by atoms with Gasteiger partial charge in [-0.05, 0) is 73.3 Å². The van der Waals surface area contributed by atoms with Crippen LogP contribution in [0.25, 0.3) is 33.5 Å². The molecular weight excluding hydrogens is 616 g/mol. The van der Waals surface area contributed by atoms with Gasteiger partial charge in [0.2, 0.25) is 0 Å². The average Bonchev–Trinajstić information content (AvgIpc) is 3.78. The molecule has 2 aliphatic heterocycles. The molecule has 3 aliphatic rings. The lowest BCUT2D eigenvalue weighted by Gasteiger charge is -2.32. The monoisotopic (exact) mass is 656 g/mol. The van der Waals surface area contributed by atoms with E-state index in [0.29, 0.717) is 24.5 Å². The van der Waals surface area contributed by atoms with E-state index in [-0.39, 0.29) is 17.7 Å². The molecule has 0 atom stereocenters. The van der Waals surface area contributed by atoms with Crippen LogP contribution in [0.4, 0.5) is 5.69 Å². The highest BCUT2D eigenvalue weighted by Crippen LogP contribution is 2.52. The molecule has 2 fully saturated rings. The zero-order chi connectivity index (χ0) is 33.7. The lowest BCUT2D eigenvalue weighted by Crippen LogP contribution is -2.43. The van der Waals surface area contributed by atoms with E-state index in [9.17, 15) is 14.7 Å². The zero-order valence-corrected chi connectivity index (χ0v) is 27.9. The number of carbonyl (C=O) groups is 2. The summed E-state index contributed by atoms with van der Waals surface area (Å²) >= 11 is 0. The number of aromatic nitrogens is 3. The van der Waals surface area contributed by atoms with Gasteiger partial charge in [0.25, 0.3) is 5.91 Å². The summed E-state index contributed by atoms with van der Waals surface area (Å²) < 4.78 is 6.11. The van der Waals surface area contributed by atoms with Crippen LogP contribution in [0.1, 0.15) is 46.3 Å². The summed E-state index contributed by atoms with van der Waals surface area (Å²) in [7, 11) is 2.18. The van der Waals surface area contributed by atoms with Crippen molar-refractivity contribution in [2.24, 2.45) is 0 Å². The minimum Gasteiger partial charge on any atom is -0.491 e. The number of hydrogen-bond acceptors (Lipinski definition) is 7. The Morgan fingerprint density at radius 3 is 2.51 bits per heavy atom. The molecule has 4 heterocycles. The molecule has 8 rings (SSSR count). The number of amides is 1. The van der Waals surface area contributed by atoms with Crippen molar-refractivity contribution in [3.8, 4) is 28.3 Å². The number of ether oxygens (including phenoxy) is 1. The molecule has 0 spiro atoms. The van der Waals surface area contributed by atoms with E-state index in [1.54, 1.807) is 17.3 Å². The van der Waals surface area contributed by atoms with Crippen LogP contribution in [0.15, 0.2) is 73.1 Å². The molecule has 5 aromatic rings. The van der Waals surface area contributed by atoms with Gasteiger partial charge in [-0.1, -0.05) is 42.5 Å². The van der Waals surface area contributed by atoms with E-state index in [2.05, 4.69) is 57.1 Å². The third-order valence-electron chi connectivity index (χ3n) is 10.5. The van der Waals surface area contributed by atoms with Crippen molar-refractivity contribution in [3.05, 3.63) is 95.3 Å². The Morgan fingerprint density at radius 2 is 1.76 bits per heavy atom. The van der Waals surface area contributed by atoms with E-state index in [0.717, 1.165) is 95.9 Å². The molecule has 1 saturated carbocycles. The van der Waals surface area contributed by atoms with Gasteiger partial charge in [0.05, 0.1) is 24.2 Å². The Balaban J connectivity index is 1.06. The fourth-order valence-corrected chi connectivity index (χ4v) is 7.42. The maximum absolute atomic E-state index is 14.0. The third kappa shape index (κ3) is 5.95. The topological polar surface area (TPSA) is 115 Å². The molecule has 0 unspecified atom stereocenters. The number of fused-ring (bicyclic) bond motifs is 2. The van der Waals surface area contributed by atoms with Crippen LogP contribution in [-0.2, 0) is 16.8 Å². The molecule has 3 aromatic carbocycles. The SMILES string of the molecule is Cc1c(-c2ncnc3[nH]c(-c4ccc(CN5CCN(C)CC5)cc4)cc23)cccc1N1CCOc2cc(C3(CC(=O)O)CC3)ccc2C1=O. The van der Waals surface area contributed by atoms with Crippen molar-refractivity contribution < 1.29 is 19.4 Å². The third-order valence-corrected chi connectivity index (χ3v) is 10.5. The standard InChI is InChI=1S/C39H40N6O4/c1-25-29(4-3-5-33(25)45-18-19-49-34-20-28(10-11-30(34)38(45)48)39(12-13-39)22-35(46)47)36-31-21-32(42-37(31)41-24-40-36)27-8-6-26(7-9-27)23-44-16-14-43(2)15-17-44/h3-11,20-21,24H,12-19,22-23H2,1-2H3,(H,46,47)(H,40,41,42). The van der Waals surface area contributed by atoms with Gasteiger partial charge in [-0.2, -0.15) is 0 Å². The van der Waals surface area contributed by atoms with Crippen LogP contribution in [0.3, 0.4) is 0 Å². The lowest BCUT2D eigenvalue weighted by molar-refractivity contribution is -0.137. The van der Waals surface area contributed by atoms with Gasteiger partial charge < -0.3 is 24.6 Å². The number of carbonyl (C=O) groups excluding carboxylic acids is 1. The Morgan fingerprint density at radius 1 is 0.959 bits per heavy atom. The minimum atomic E-state index is -0.811. The molecule has 10 nitrogen and oxygen atoms in total. The number of aromatic amines is 1. The van der Waals surface area contributed by atoms with Crippen LogP contribution in [-0.4, -0.2) is 88.1 Å². The van der Waals surface area contributed by atoms with Gasteiger partial charge in [0.1, 0.15) is 24.3 Å². The molecule has 10 heteroatoms. The number of aliphatic carboxylic acids is 1. The van der Waals surface area contributed by atoms with Crippen LogP contribution in [0.5, 0.6) is 5.75 Å². The average molecular weight is 657 g/mol. The highest BCUT2D eigenvalue weighted by Gasteiger charge is 2.46. The molecule has 1 saturated heterocycles. The van der Waals surface area contributed by atoms with Crippen LogP contribution >= 0.6 is 0 Å². The minimum absolute atomic E-state index is 0.0836. The summed E-state index contributed by atoms with van der Waals surface area (Å²) in [5.41, 5.74) is 8.62. The number of piperazine rings is 1. The second-order valence-corrected chi connectivity index (χ2v) is 13.8. The summed E-state index contributed by atoms with van der Waals surface area (Å²) in [6, 6.07) is 22.4. The highest BCUT2D eigenvalue weighted by atomic mass is 16.5. The molecule has 2 aromatic heterocycles. The van der Waals surface area contributed by atoms with Crippen LogP contribution in [0, 0.1) is 6.92 Å². The predicted molar refractivity (Wildman–Crippen MR) is 189 cm³/mol. The smallest absolute Gasteiger partial charge is 0.304 e. The number of hydrogen-bond donors (Lipinski definition) is 2. The summed E-state index contributed by atoms with van der Waals surface area (Å²) in [6.07, 6.45) is 3.32. The molecular formula is C39H40N6O4. The maximum Gasteiger partial charge on any atom is 0.304 e. The van der Waals surface area contributed by atoms with Crippen molar-refractivity contribution in [1.29, 1.82) is 0 Å². The molecule has 49 heavy (non-hydrogen) atoms. The fraction of sp³-hybridized carbons (Fsp3) is 0.333. The van der Waals surface area contributed by atoms with Crippen LogP contribution < -0.4 is 9.64 Å². The first-order chi connectivity index (χ1) is 23.8. The maximum atomic E-state index is 14.0. The van der Waals surface area contributed by atoms with E-state index in [4.69, 9.17) is 9.72 Å². The fourth-order valence-electron chi connectivity index (χ4n) is 7.42. The van der Waals surface area contributed by atoms with Crippen molar-refractivity contribution in [1.82, 2.24) is 24.8 Å². The Hall–Kier alpha value is -5.06. The number of H-pyrrole nitrogens is 1.